The van der Waals surface area contributed by atoms with E-state index in [0.29, 0.717) is 24.5 Å². The van der Waals surface area contributed by atoms with Crippen molar-refractivity contribution in [2.75, 3.05) is 18.2 Å². The number of aryl methyl sites for hydroxylation is 1. The van der Waals surface area contributed by atoms with E-state index in [1.807, 2.05) is 13.8 Å². The number of nitrogens with zero attached hydrogens (tertiary/aromatic N) is 1. The monoisotopic (exact) mass is 351 g/mol. The number of hydrogen-bond acceptors (Lipinski definition) is 5. The highest BCUT2D eigenvalue weighted by atomic mass is 32.2. The van der Waals surface area contributed by atoms with Crippen LogP contribution in [-0.2, 0) is 16.3 Å². The zero-order chi connectivity index (χ0) is 17.7. The quantitative estimate of drug-likeness (QED) is 0.798. The lowest BCUT2D eigenvalue weighted by molar-refractivity contribution is 0.102. The molecule has 0 spiro atoms. The lowest BCUT2D eigenvalue weighted by Crippen LogP contribution is -2.15. The van der Waals surface area contributed by atoms with Crippen molar-refractivity contribution >= 4 is 21.4 Å². The van der Waals surface area contributed by atoms with Crippen molar-refractivity contribution in [1.82, 2.24) is 10.2 Å². The summed E-state index contributed by atoms with van der Waals surface area (Å²) in [5.74, 6) is -0.0917. The van der Waals surface area contributed by atoms with E-state index < -0.39 is 15.7 Å². The van der Waals surface area contributed by atoms with Crippen LogP contribution in [0.15, 0.2) is 29.3 Å². The molecule has 0 bridgehead atoms. The number of ether oxygens (including phenoxy) is 1. The van der Waals surface area contributed by atoms with E-state index in [0.717, 1.165) is 18.4 Å². The molecule has 1 aromatic carbocycles. The summed E-state index contributed by atoms with van der Waals surface area (Å²) >= 11 is 0. The highest BCUT2D eigenvalue weighted by Crippen LogP contribution is 2.25. The Kier molecular flexibility index (Phi) is 5.61. The molecule has 0 saturated heterocycles. The zero-order valence-electron chi connectivity index (χ0n) is 13.9. The van der Waals surface area contributed by atoms with Crippen molar-refractivity contribution in [2.45, 2.75) is 31.6 Å². The van der Waals surface area contributed by atoms with Crippen LogP contribution in [0.1, 0.15) is 36.3 Å². The third-order valence-corrected chi connectivity index (χ3v) is 4.52. The van der Waals surface area contributed by atoms with Crippen LogP contribution in [0.4, 0.5) is 5.69 Å². The number of nitrogens with one attached hydrogen (secondary N) is 2. The first-order chi connectivity index (χ1) is 11.4. The van der Waals surface area contributed by atoms with Crippen LogP contribution >= 0.6 is 0 Å². The van der Waals surface area contributed by atoms with Gasteiger partial charge in [-0.15, -0.1) is 0 Å². The topological polar surface area (TPSA) is 101 Å². The lowest BCUT2D eigenvalue weighted by atomic mass is 10.1. The highest BCUT2D eigenvalue weighted by Gasteiger charge is 2.18. The van der Waals surface area contributed by atoms with Crippen LogP contribution < -0.4 is 10.1 Å². The summed E-state index contributed by atoms with van der Waals surface area (Å²) in [6.45, 7) is 4.32. The predicted octanol–water partition coefficient (Wildman–Crippen LogP) is 2.42. The summed E-state index contributed by atoms with van der Waals surface area (Å²) in [5, 5.41) is 9.45. The van der Waals surface area contributed by atoms with E-state index in [-0.39, 0.29) is 10.5 Å². The summed E-state index contributed by atoms with van der Waals surface area (Å²) < 4.78 is 29.1. The fourth-order valence-electron chi connectivity index (χ4n) is 2.13. The van der Waals surface area contributed by atoms with Gasteiger partial charge in [0.25, 0.3) is 5.91 Å². The Bertz CT molecular complexity index is 828. The average molecular weight is 351 g/mol. The number of anilines is 1. The minimum atomic E-state index is -3.43. The SMILES string of the molecule is CCCOc1ccc(S(C)(=O)=O)cc1C(=O)Nc1cn[nH]c1CC. The molecule has 24 heavy (non-hydrogen) atoms. The Labute approximate surface area is 141 Å². The molecule has 0 aliphatic heterocycles. The van der Waals surface area contributed by atoms with Gasteiger partial charge in [-0.2, -0.15) is 5.10 Å². The first kappa shape index (κ1) is 18.0. The van der Waals surface area contributed by atoms with Crippen LogP contribution in [0.2, 0.25) is 0 Å². The minimum Gasteiger partial charge on any atom is -0.493 e. The van der Waals surface area contributed by atoms with Gasteiger partial charge in [0.1, 0.15) is 5.75 Å². The third-order valence-electron chi connectivity index (χ3n) is 3.41. The fraction of sp³-hybridized carbons (Fsp3) is 0.375. The van der Waals surface area contributed by atoms with Crippen LogP contribution in [0.5, 0.6) is 5.75 Å². The molecule has 8 heteroatoms. The number of carbonyl (C=O) groups excluding carboxylic acids is 1. The van der Waals surface area contributed by atoms with Crippen molar-refractivity contribution in [3.8, 4) is 5.75 Å². The first-order valence-corrected chi connectivity index (χ1v) is 9.56. The van der Waals surface area contributed by atoms with Crippen molar-refractivity contribution in [1.29, 1.82) is 0 Å². The van der Waals surface area contributed by atoms with Gasteiger partial charge in [-0.3, -0.25) is 9.89 Å². The van der Waals surface area contributed by atoms with E-state index in [1.54, 1.807) is 0 Å². The summed E-state index contributed by atoms with van der Waals surface area (Å²) in [4.78, 5) is 12.7. The van der Waals surface area contributed by atoms with E-state index >= 15 is 0 Å². The third kappa shape index (κ3) is 4.14. The number of benzene rings is 1. The summed E-state index contributed by atoms with van der Waals surface area (Å²) in [7, 11) is -3.43. The molecule has 0 unspecified atom stereocenters. The molecule has 2 rings (SSSR count). The van der Waals surface area contributed by atoms with Gasteiger partial charge in [-0.1, -0.05) is 13.8 Å². The highest BCUT2D eigenvalue weighted by molar-refractivity contribution is 7.90. The molecule has 0 radical (unpaired) electrons. The zero-order valence-corrected chi connectivity index (χ0v) is 14.7. The molecular weight excluding hydrogens is 330 g/mol. The largest absolute Gasteiger partial charge is 0.493 e. The molecule has 1 amide bonds. The standard InChI is InChI=1S/C16H21N3O4S/c1-4-8-23-15-7-6-11(24(3,21)22)9-12(15)16(20)18-14-10-17-19-13(14)5-2/h6-7,9-10H,4-5,8H2,1-3H3,(H,17,19)(H,18,20). The second-order valence-corrected chi connectivity index (χ2v) is 7.36. The van der Waals surface area contributed by atoms with Gasteiger partial charge in [0, 0.05) is 6.26 Å². The smallest absolute Gasteiger partial charge is 0.259 e. The fourth-order valence-corrected chi connectivity index (χ4v) is 2.78. The van der Waals surface area contributed by atoms with Gasteiger partial charge in [-0.05, 0) is 31.0 Å². The molecular formula is C16H21N3O4S. The lowest BCUT2D eigenvalue weighted by Gasteiger charge is -2.12. The summed E-state index contributed by atoms with van der Waals surface area (Å²) in [5.41, 5.74) is 1.53. The Morgan fingerprint density at radius 2 is 2.08 bits per heavy atom. The normalized spacial score (nSPS) is 11.3. The maximum atomic E-state index is 12.6. The second-order valence-electron chi connectivity index (χ2n) is 5.35. The molecule has 0 aliphatic rings. The molecule has 0 saturated carbocycles. The van der Waals surface area contributed by atoms with Crippen LogP contribution in [0.3, 0.4) is 0 Å². The van der Waals surface area contributed by atoms with Crippen molar-refractivity contribution in [3.05, 3.63) is 35.7 Å². The van der Waals surface area contributed by atoms with Gasteiger partial charge < -0.3 is 10.1 Å². The van der Waals surface area contributed by atoms with Gasteiger partial charge in [0.05, 0.1) is 34.6 Å². The number of aromatic amines is 1. The van der Waals surface area contributed by atoms with E-state index in [1.165, 1.54) is 24.4 Å². The predicted molar refractivity (Wildman–Crippen MR) is 91.3 cm³/mol. The van der Waals surface area contributed by atoms with Crippen molar-refractivity contribution in [2.24, 2.45) is 0 Å². The number of sulfone groups is 1. The molecule has 7 nitrogen and oxygen atoms in total. The number of hydrogen-bond donors (Lipinski definition) is 2. The van der Waals surface area contributed by atoms with E-state index in [2.05, 4.69) is 15.5 Å². The van der Waals surface area contributed by atoms with Gasteiger partial charge >= 0.3 is 0 Å². The number of carbonyl (C=O) groups is 1. The molecule has 2 aromatic rings. The summed E-state index contributed by atoms with van der Waals surface area (Å²) in [6.07, 6.45) is 4.07. The molecule has 1 aromatic heterocycles. The number of aromatic nitrogens is 2. The molecule has 0 atom stereocenters. The van der Waals surface area contributed by atoms with E-state index in [4.69, 9.17) is 4.74 Å². The Morgan fingerprint density at radius 1 is 1.33 bits per heavy atom. The van der Waals surface area contributed by atoms with Gasteiger partial charge in [0.15, 0.2) is 9.84 Å². The van der Waals surface area contributed by atoms with Crippen LogP contribution in [0, 0.1) is 0 Å². The molecule has 2 N–H and O–H groups in total. The van der Waals surface area contributed by atoms with Crippen molar-refractivity contribution in [3.63, 3.8) is 0 Å². The number of H-pyrrole nitrogens is 1. The van der Waals surface area contributed by atoms with Gasteiger partial charge in [-0.25, -0.2) is 8.42 Å². The van der Waals surface area contributed by atoms with E-state index in [9.17, 15) is 13.2 Å². The van der Waals surface area contributed by atoms with Crippen LogP contribution in [0.25, 0.3) is 0 Å². The van der Waals surface area contributed by atoms with Crippen molar-refractivity contribution < 1.29 is 17.9 Å². The molecule has 0 aliphatic carbocycles. The molecule has 0 fully saturated rings. The Balaban J connectivity index is 2.38. The second kappa shape index (κ2) is 7.48. The Hall–Kier alpha value is -2.35. The molecule has 1 heterocycles. The minimum absolute atomic E-state index is 0.0689. The number of rotatable bonds is 7. The average Bonchev–Trinajstić information content (AvgIpc) is 2.98. The van der Waals surface area contributed by atoms with Crippen LogP contribution in [-0.4, -0.2) is 37.4 Å². The first-order valence-electron chi connectivity index (χ1n) is 7.67. The number of amides is 1. The summed E-state index contributed by atoms with van der Waals surface area (Å²) in [6, 6.07) is 4.28. The molecule has 130 valence electrons. The maximum absolute atomic E-state index is 12.6. The maximum Gasteiger partial charge on any atom is 0.259 e. The Morgan fingerprint density at radius 3 is 2.71 bits per heavy atom. The van der Waals surface area contributed by atoms with Gasteiger partial charge in [0.2, 0.25) is 0 Å².